The van der Waals surface area contributed by atoms with E-state index < -0.39 is 0 Å². The largest absolute Gasteiger partial charge is 0.465 e. The summed E-state index contributed by atoms with van der Waals surface area (Å²) in [6.07, 6.45) is 45.5. The molecule has 1 aliphatic rings. The molecular formula is C42H79N2O3+. The molecule has 1 rings (SSSR count). The molecule has 0 aromatic carbocycles. The average molecular weight is 660 g/mol. The smallest absolute Gasteiger partial charge is 0.305 e. The van der Waals surface area contributed by atoms with Crippen molar-refractivity contribution in [2.24, 2.45) is 0 Å². The molecule has 1 unspecified atom stereocenters. The molecule has 0 bridgehead atoms. The van der Waals surface area contributed by atoms with Gasteiger partial charge in [0.1, 0.15) is 19.1 Å². The lowest BCUT2D eigenvalue weighted by Gasteiger charge is -2.12. The molecule has 0 aromatic rings. The lowest BCUT2D eigenvalue weighted by Crippen LogP contribution is -2.30. The number of nitrogens with one attached hydrogen (secondary N) is 1. The fraction of sp³-hybridized carbons (Fsp3) is 0.857. The number of carbonyl (C=O) groups is 1. The molecule has 2 N–H and O–H groups in total. The van der Waals surface area contributed by atoms with Gasteiger partial charge in [-0.05, 0) is 64.2 Å². The molecule has 0 saturated carbocycles. The normalized spacial score (nSPS) is 15.0. The second-order valence-electron chi connectivity index (χ2n) is 14.1. The van der Waals surface area contributed by atoms with Crippen molar-refractivity contribution in [2.45, 2.75) is 206 Å². The van der Waals surface area contributed by atoms with Gasteiger partial charge in [0.25, 0.3) is 0 Å². The molecule has 0 fully saturated rings. The highest BCUT2D eigenvalue weighted by molar-refractivity contribution is 5.78. The van der Waals surface area contributed by atoms with Gasteiger partial charge >= 0.3 is 5.97 Å². The molecule has 1 heterocycles. The number of nitrogens with zero attached hydrogens (tertiary/aromatic N) is 1. The molecule has 0 aromatic heterocycles. The first-order chi connectivity index (χ1) is 23.2. The third-order valence-electron chi connectivity index (χ3n) is 9.70. The molecule has 0 radical (unpaired) electrons. The van der Waals surface area contributed by atoms with Gasteiger partial charge in [0.15, 0.2) is 0 Å². The lowest BCUT2D eigenvalue weighted by atomic mass is 10.1. The summed E-state index contributed by atoms with van der Waals surface area (Å²) in [5.74, 6) is 1.21. The molecule has 0 aliphatic carbocycles. The summed E-state index contributed by atoms with van der Waals surface area (Å²) in [6, 6.07) is 0.298. The molecule has 1 aliphatic heterocycles. The van der Waals surface area contributed by atoms with E-state index in [0.717, 1.165) is 38.6 Å². The number of rotatable bonds is 35. The van der Waals surface area contributed by atoms with E-state index in [1.807, 2.05) is 0 Å². The predicted molar refractivity (Wildman–Crippen MR) is 203 cm³/mol. The van der Waals surface area contributed by atoms with E-state index in [0.29, 0.717) is 25.6 Å². The molecular weight excluding hydrogens is 580 g/mol. The van der Waals surface area contributed by atoms with Crippen molar-refractivity contribution in [3.63, 3.8) is 0 Å². The Balaban J connectivity index is 2.03. The zero-order chi connectivity index (χ0) is 33.9. The maximum atomic E-state index is 12.3. The number of β-amino-alcohol motifs (C(OH)–C–C–N with tert-alkyl or cyclic N) is 1. The van der Waals surface area contributed by atoms with Crippen LogP contribution in [0.25, 0.3) is 0 Å². The van der Waals surface area contributed by atoms with E-state index in [4.69, 9.17) is 4.74 Å². The van der Waals surface area contributed by atoms with Crippen molar-refractivity contribution in [3.8, 4) is 0 Å². The molecule has 5 nitrogen and oxygen atoms in total. The van der Waals surface area contributed by atoms with E-state index in [1.54, 1.807) is 0 Å². The van der Waals surface area contributed by atoms with Crippen LogP contribution in [-0.2, 0) is 9.53 Å². The van der Waals surface area contributed by atoms with Crippen molar-refractivity contribution in [2.75, 3.05) is 26.3 Å². The van der Waals surface area contributed by atoms with E-state index in [1.165, 1.54) is 154 Å². The van der Waals surface area contributed by atoms with Crippen LogP contribution in [0.4, 0.5) is 0 Å². The molecule has 0 saturated heterocycles. The first-order valence-corrected chi connectivity index (χ1v) is 20.7. The van der Waals surface area contributed by atoms with Crippen molar-refractivity contribution in [3.05, 3.63) is 24.3 Å². The van der Waals surface area contributed by atoms with E-state index >= 15 is 0 Å². The summed E-state index contributed by atoms with van der Waals surface area (Å²) in [4.78, 5) is 12.3. The Bertz CT molecular complexity index is 791. The third kappa shape index (κ3) is 27.0. The van der Waals surface area contributed by atoms with Gasteiger partial charge in [-0.3, -0.25) is 14.7 Å². The van der Waals surface area contributed by atoms with Crippen LogP contribution >= 0.6 is 0 Å². The molecule has 0 spiro atoms. The topological polar surface area (TPSA) is 61.6 Å². The number of hydrogen-bond acceptors (Lipinski definition) is 4. The Morgan fingerprint density at radius 3 is 1.62 bits per heavy atom. The number of hydrogen-bond donors (Lipinski definition) is 2. The van der Waals surface area contributed by atoms with Gasteiger partial charge in [-0.25, -0.2) is 0 Å². The van der Waals surface area contributed by atoms with Crippen molar-refractivity contribution in [1.29, 1.82) is 0 Å². The number of esters is 1. The highest BCUT2D eigenvalue weighted by atomic mass is 16.5. The van der Waals surface area contributed by atoms with Gasteiger partial charge in [-0.15, -0.1) is 0 Å². The standard InChI is InChI=1S/C42H78N2O3/c1-3-5-7-9-11-13-15-17-19-21-23-25-27-29-31-33-41-43-39-40(44(41)36-37-45)35-38-47-42(46)34-32-30-28-26-24-22-20-18-16-14-12-10-8-6-4-2/h17,19-20,22,40,45H,3-16,18,21,23-39H2,1-2H3/p+1. The number of unbranched alkanes of at least 4 members (excludes halogenated alkanes) is 22. The molecule has 274 valence electrons. The average Bonchev–Trinajstić information content (AvgIpc) is 3.45. The molecule has 47 heavy (non-hydrogen) atoms. The number of amidine groups is 1. The van der Waals surface area contributed by atoms with E-state index in [-0.39, 0.29) is 12.6 Å². The number of allylic oxidation sites excluding steroid dienone is 4. The second-order valence-corrected chi connectivity index (χ2v) is 14.1. The Kier molecular flexibility index (Phi) is 31.6. The highest BCUT2D eigenvalue weighted by Gasteiger charge is 2.30. The summed E-state index contributed by atoms with van der Waals surface area (Å²) >= 11 is 0. The first kappa shape index (κ1) is 43.4. The van der Waals surface area contributed by atoms with Crippen molar-refractivity contribution < 1.29 is 19.2 Å². The minimum Gasteiger partial charge on any atom is -0.465 e. The summed E-state index contributed by atoms with van der Waals surface area (Å²) < 4.78 is 7.92. The van der Waals surface area contributed by atoms with Crippen LogP contribution in [-0.4, -0.2) is 53.8 Å². The van der Waals surface area contributed by atoms with Crippen LogP contribution in [0.15, 0.2) is 24.3 Å². The van der Waals surface area contributed by atoms with Crippen molar-refractivity contribution in [1.82, 2.24) is 5.32 Å². The highest BCUT2D eigenvalue weighted by Crippen LogP contribution is 2.14. The number of aliphatic hydroxyl groups excluding tert-OH is 1. The summed E-state index contributed by atoms with van der Waals surface area (Å²) in [5.41, 5.74) is 0. The van der Waals surface area contributed by atoms with Crippen LogP contribution < -0.4 is 5.32 Å². The van der Waals surface area contributed by atoms with Crippen LogP contribution in [0.2, 0.25) is 0 Å². The lowest BCUT2D eigenvalue weighted by molar-refractivity contribution is -0.559. The summed E-state index contributed by atoms with van der Waals surface area (Å²) in [5, 5.41) is 13.3. The quantitative estimate of drug-likeness (QED) is 0.0308. The van der Waals surface area contributed by atoms with E-state index in [2.05, 4.69) is 48.0 Å². The molecule has 0 amide bonds. The van der Waals surface area contributed by atoms with Crippen LogP contribution in [0.1, 0.15) is 200 Å². The van der Waals surface area contributed by atoms with Gasteiger partial charge in [0.05, 0.1) is 13.2 Å². The Hall–Kier alpha value is -1.62. The fourth-order valence-electron chi connectivity index (χ4n) is 6.67. The predicted octanol–water partition coefficient (Wildman–Crippen LogP) is 11.4. The maximum absolute atomic E-state index is 12.3. The zero-order valence-corrected chi connectivity index (χ0v) is 31.4. The number of aliphatic hydroxyl groups is 1. The van der Waals surface area contributed by atoms with Gasteiger partial charge in [-0.1, -0.05) is 141 Å². The molecule has 5 heteroatoms. The second kappa shape index (κ2) is 34.3. The summed E-state index contributed by atoms with van der Waals surface area (Å²) in [6.45, 7) is 6.71. The Morgan fingerprint density at radius 2 is 1.13 bits per heavy atom. The Morgan fingerprint density at radius 1 is 0.681 bits per heavy atom. The monoisotopic (exact) mass is 660 g/mol. The minimum atomic E-state index is -0.0586. The van der Waals surface area contributed by atoms with Gasteiger partial charge in [0, 0.05) is 19.3 Å². The zero-order valence-electron chi connectivity index (χ0n) is 31.4. The molecule has 1 atom stereocenters. The third-order valence-corrected chi connectivity index (χ3v) is 9.70. The van der Waals surface area contributed by atoms with Crippen LogP contribution in [0.5, 0.6) is 0 Å². The van der Waals surface area contributed by atoms with Gasteiger partial charge in [0.2, 0.25) is 5.84 Å². The van der Waals surface area contributed by atoms with Gasteiger partial charge in [-0.2, -0.15) is 0 Å². The first-order valence-electron chi connectivity index (χ1n) is 20.7. The number of ether oxygens (including phenoxy) is 1. The Labute approximate surface area is 292 Å². The van der Waals surface area contributed by atoms with Crippen LogP contribution in [0, 0.1) is 0 Å². The summed E-state index contributed by atoms with van der Waals surface area (Å²) in [7, 11) is 0. The SMILES string of the molecule is CCCCCCCCC=CCCCCCCCC1=[N+](CCO)C(CCOC(=O)CCCCCCC=CCCCCCCCCC)CN1. The maximum Gasteiger partial charge on any atom is 0.305 e. The minimum absolute atomic E-state index is 0.0586. The number of carbonyl (C=O) groups excluding carboxylic acids is 1. The van der Waals surface area contributed by atoms with Gasteiger partial charge < -0.3 is 9.84 Å². The van der Waals surface area contributed by atoms with Crippen molar-refractivity contribution >= 4 is 11.8 Å². The van der Waals surface area contributed by atoms with E-state index in [9.17, 15) is 9.90 Å². The van der Waals surface area contributed by atoms with Crippen LogP contribution in [0.3, 0.4) is 0 Å². The fourth-order valence-corrected chi connectivity index (χ4v) is 6.67.